The predicted molar refractivity (Wildman–Crippen MR) is 66.5 cm³/mol. The number of hydrogen-bond acceptors (Lipinski definition) is 3. The fraction of sp³-hybridized carbons (Fsp3) is 0.833. The van der Waals surface area contributed by atoms with Gasteiger partial charge in [-0.25, -0.2) is 0 Å². The number of hydrogen-bond donors (Lipinski definition) is 0. The van der Waals surface area contributed by atoms with Crippen LogP contribution in [0, 0.1) is 10.8 Å². The van der Waals surface area contributed by atoms with E-state index in [0.29, 0.717) is 0 Å². The van der Waals surface area contributed by atoms with Gasteiger partial charge in [0.25, 0.3) is 0 Å². The fourth-order valence-electron chi connectivity index (χ4n) is 1.68. The van der Waals surface area contributed by atoms with Crippen LogP contribution < -0.4 is 0 Å². The fourth-order valence-corrected chi connectivity index (χ4v) is 3.89. The van der Waals surface area contributed by atoms with Crippen LogP contribution in [-0.2, 0) is 13.6 Å². The topological polar surface area (TPSA) is 35.5 Å². The zero-order valence-electron chi connectivity index (χ0n) is 11.3. The van der Waals surface area contributed by atoms with E-state index in [1.165, 1.54) is 7.11 Å². The molecule has 0 radical (unpaired) electrons. The molecule has 1 aliphatic heterocycles. The van der Waals surface area contributed by atoms with Crippen LogP contribution in [0.2, 0.25) is 0 Å². The van der Waals surface area contributed by atoms with Gasteiger partial charge < -0.3 is 4.52 Å². The van der Waals surface area contributed by atoms with Gasteiger partial charge in [-0.15, -0.1) is 0 Å². The standard InChI is InChI=1S/C12H23O3P/c1-11(2,3)9-8-10(12(4,5)6)16(13,14-7)15-9/h8-9H,1-7H3. The molecular formula is C12H23O3P. The van der Waals surface area contributed by atoms with Crippen molar-refractivity contribution in [1.82, 2.24) is 0 Å². The van der Waals surface area contributed by atoms with Gasteiger partial charge in [0, 0.05) is 12.4 Å². The summed E-state index contributed by atoms with van der Waals surface area (Å²) in [5.74, 6) is 0. The quantitative estimate of drug-likeness (QED) is 0.650. The van der Waals surface area contributed by atoms with Crippen LogP contribution in [0.15, 0.2) is 11.4 Å². The summed E-state index contributed by atoms with van der Waals surface area (Å²) in [7, 11) is -1.62. The zero-order valence-corrected chi connectivity index (χ0v) is 12.2. The third kappa shape index (κ3) is 2.58. The second-order valence-electron chi connectivity index (χ2n) is 6.37. The molecule has 0 aromatic heterocycles. The van der Waals surface area contributed by atoms with Gasteiger partial charge in [-0.3, -0.25) is 9.09 Å². The minimum Gasteiger partial charge on any atom is -0.309 e. The van der Waals surface area contributed by atoms with Crippen molar-refractivity contribution in [3.05, 3.63) is 11.4 Å². The SMILES string of the molecule is COP1(=O)OC(C(C)(C)C)C=C1C(C)(C)C. The third-order valence-electron chi connectivity index (χ3n) is 2.72. The van der Waals surface area contributed by atoms with Crippen LogP contribution >= 0.6 is 7.60 Å². The summed E-state index contributed by atoms with van der Waals surface area (Å²) < 4.78 is 23.3. The average Bonchev–Trinajstić information content (AvgIpc) is 2.42. The molecule has 0 fully saturated rings. The molecule has 1 rings (SSSR count). The molecule has 0 aromatic rings. The van der Waals surface area contributed by atoms with E-state index in [2.05, 4.69) is 20.8 Å². The highest BCUT2D eigenvalue weighted by atomic mass is 31.2. The van der Waals surface area contributed by atoms with Crippen molar-refractivity contribution in [2.45, 2.75) is 47.6 Å². The Labute approximate surface area is 98.7 Å². The second kappa shape index (κ2) is 3.97. The molecule has 0 bridgehead atoms. The monoisotopic (exact) mass is 246 g/mol. The maximum Gasteiger partial charge on any atom is 0.357 e. The van der Waals surface area contributed by atoms with Crippen LogP contribution in [0.4, 0.5) is 0 Å². The zero-order chi connectivity index (χ0) is 12.8. The lowest BCUT2D eigenvalue weighted by molar-refractivity contribution is 0.118. The van der Waals surface area contributed by atoms with Crippen molar-refractivity contribution in [2.24, 2.45) is 10.8 Å². The van der Waals surface area contributed by atoms with E-state index >= 15 is 0 Å². The molecule has 0 saturated heterocycles. The normalized spacial score (nSPS) is 31.7. The highest BCUT2D eigenvalue weighted by molar-refractivity contribution is 7.58. The third-order valence-corrected chi connectivity index (χ3v) is 5.11. The summed E-state index contributed by atoms with van der Waals surface area (Å²) in [6.45, 7) is 12.3. The van der Waals surface area contributed by atoms with Gasteiger partial charge in [0.05, 0.1) is 6.10 Å². The summed E-state index contributed by atoms with van der Waals surface area (Å²) in [6, 6.07) is 0. The Morgan fingerprint density at radius 3 is 2.00 bits per heavy atom. The van der Waals surface area contributed by atoms with E-state index < -0.39 is 7.60 Å². The molecule has 4 heteroatoms. The molecule has 0 aromatic carbocycles. The van der Waals surface area contributed by atoms with Crippen molar-refractivity contribution in [2.75, 3.05) is 7.11 Å². The highest BCUT2D eigenvalue weighted by Gasteiger charge is 2.46. The molecule has 16 heavy (non-hydrogen) atoms. The van der Waals surface area contributed by atoms with E-state index in [1.807, 2.05) is 26.8 Å². The molecule has 1 heterocycles. The molecule has 3 nitrogen and oxygen atoms in total. The van der Waals surface area contributed by atoms with Gasteiger partial charge >= 0.3 is 7.60 Å². The van der Waals surface area contributed by atoms with Crippen LogP contribution in [0.5, 0.6) is 0 Å². The Morgan fingerprint density at radius 1 is 1.25 bits per heavy atom. The van der Waals surface area contributed by atoms with Crippen molar-refractivity contribution >= 4 is 7.60 Å². The minimum absolute atomic E-state index is 0.0683. The smallest absolute Gasteiger partial charge is 0.309 e. The van der Waals surface area contributed by atoms with Gasteiger partial charge in [0.1, 0.15) is 0 Å². The van der Waals surface area contributed by atoms with Crippen LogP contribution in [0.1, 0.15) is 41.5 Å². The predicted octanol–water partition coefficient (Wildman–Crippen LogP) is 4.20. The molecule has 0 saturated carbocycles. The lowest BCUT2D eigenvalue weighted by atomic mass is 9.86. The van der Waals surface area contributed by atoms with Gasteiger partial charge in [-0.2, -0.15) is 0 Å². The van der Waals surface area contributed by atoms with Gasteiger partial charge in [-0.05, 0) is 16.9 Å². The molecule has 0 amide bonds. The van der Waals surface area contributed by atoms with Crippen LogP contribution in [-0.4, -0.2) is 13.2 Å². The lowest BCUT2D eigenvalue weighted by Crippen LogP contribution is -2.23. The first-order valence-corrected chi connectivity index (χ1v) is 7.12. The molecule has 2 unspecified atom stereocenters. The lowest BCUT2D eigenvalue weighted by Gasteiger charge is -2.26. The summed E-state index contributed by atoms with van der Waals surface area (Å²) >= 11 is 0. The molecule has 0 N–H and O–H groups in total. The summed E-state index contributed by atoms with van der Waals surface area (Å²) in [6.07, 6.45) is 1.83. The second-order valence-corrected chi connectivity index (χ2v) is 8.43. The molecule has 1 aliphatic rings. The Hall–Kier alpha value is -0.110. The molecular weight excluding hydrogens is 223 g/mol. The molecule has 0 spiro atoms. The Balaban J connectivity index is 3.16. The summed E-state index contributed by atoms with van der Waals surface area (Å²) in [5, 5.41) is 0.794. The Morgan fingerprint density at radius 2 is 1.75 bits per heavy atom. The van der Waals surface area contributed by atoms with Crippen molar-refractivity contribution in [1.29, 1.82) is 0 Å². The first-order valence-electron chi connectivity index (χ1n) is 5.58. The van der Waals surface area contributed by atoms with Crippen LogP contribution in [0.3, 0.4) is 0 Å². The number of allylic oxidation sites excluding steroid dienone is 1. The highest BCUT2D eigenvalue weighted by Crippen LogP contribution is 2.67. The van der Waals surface area contributed by atoms with Gasteiger partial charge in [-0.1, -0.05) is 41.5 Å². The summed E-state index contributed by atoms with van der Waals surface area (Å²) in [4.78, 5) is 0. The molecule has 2 atom stereocenters. The van der Waals surface area contributed by atoms with E-state index in [9.17, 15) is 4.57 Å². The van der Waals surface area contributed by atoms with Gasteiger partial charge in [0.2, 0.25) is 0 Å². The summed E-state index contributed by atoms with van der Waals surface area (Å²) in [5.41, 5.74) is -0.257. The van der Waals surface area contributed by atoms with Crippen LogP contribution in [0.25, 0.3) is 0 Å². The maximum absolute atomic E-state index is 12.5. The van der Waals surface area contributed by atoms with E-state index in [-0.39, 0.29) is 16.9 Å². The van der Waals surface area contributed by atoms with Crippen molar-refractivity contribution in [3.63, 3.8) is 0 Å². The maximum atomic E-state index is 12.5. The van der Waals surface area contributed by atoms with Crippen molar-refractivity contribution in [3.8, 4) is 0 Å². The molecule has 94 valence electrons. The van der Waals surface area contributed by atoms with E-state index in [0.717, 1.165) is 5.31 Å². The van der Waals surface area contributed by atoms with E-state index in [4.69, 9.17) is 9.05 Å². The molecule has 0 aliphatic carbocycles. The first kappa shape index (κ1) is 14.0. The first-order chi connectivity index (χ1) is 7.00. The van der Waals surface area contributed by atoms with Crippen molar-refractivity contribution < 1.29 is 13.6 Å². The number of rotatable bonds is 1. The largest absolute Gasteiger partial charge is 0.357 e. The average molecular weight is 246 g/mol. The van der Waals surface area contributed by atoms with Gasteiger partial charge in [0.15, 0.2) is 0 Å². The minimum atomic E-state index is -3.07. The Kier molecular flexibility index (Phi) is 3.46. The Bertz CT molecular complexity index is 344. The van der Waals surface area contributed by atoms with E-state index in [1.54, 1.807) is 0 Å².